The van der Waals surface area contributed by atoms with Crippen molar-refractivity contribution in [2.75, 3.05) is 17.7 Å². The maximum atomic E-state index is 14.7. The van der Waals surface area contributed by atoms with Crippen LogP contribution in [0.2, 0.25) is 0 Å². The second-order valence-electron chi connectivity index (χ2n) is 7.50. The number of pyridine rings is 2. The Balaban J connectivity index is 1.68. The number of carbonyl (C=O) groups excluding carboxylic acids is 1. The molecule has 3 heterocycles. The Labute approximate surface area is 183 Å². The molecule has 11 nitrogen and oxygen atoms in total. The number of hydrogen-bond donors (Lipinski definition) is 4. The highest BCUT2D eigenvalue weighted by molar-refractivity contribution is 5.98. The fourth-order valence-corrected chi connectivity index (χ4v) is 3.69. The van der Waals surface area contributed by atoms with Crippen LogP contribution in [0.15, 0.2) is 30.7 Å². The number of amides is 1. The Hall–Kier alpha value is -3.80. The number of methoxy groups -OCH3 is 1. The summed E-state index contributed by atoms with van der Waals surface area (Å²) in [5, 5.41) is 13.8. The number of aromatic nitrogens is 5. The molecule has 0 saturated heterocycles. The van der Waals surface area contributed by atoms with E-state index >= 15 is 0 Å². The summed E-state index contributed by atoms with van der Waals surface area (Å²) < 4.78 is 21.5. The molecule has 168 valence electrons. The van der Waals surface area contributed by atoms with E-state index in [2.05, 4.69) is 30.9 Å². The first-order valence-corrected chi connectivity index (χ1v) is 10.2. The van der Waals surface area contributed by atoms with Crippen molar-refractivity contribution in [1.82, 2.24) is 25.0 Å². The second-order valence-corrected chi connectivity index (χ2v) is 7.50. The van der Waals surface area contributed by atoms with Crippen LogP contribution in [0.1, 0.15) is 36.0 Å². The van der Waals surface area contributed by atoms with Crippen LogP contribution in [0.3, 0.4) is 0 Å². The lowest BCUT2D eigenvalue weighted by atomic mass is 9.91. The van der Waals surface area contributed by atoms with Crippen LogP contribution >= 0.6 is 0 Å². The standard InChI is InChI=1S/C20H24FN9O2/c1-32-20-16(30-7-6-25-29-30)8-11(10-24-20)26-18-12(17(23)31)9-13(21)19(28-18)27-15-5-3-2-4-14(15)22/h6-10,14-15H,2-5,22H2,1H3,(H2,23,31)(H2,26,27,28)/t14-,15+/m0/s1. The third-order valence-corrected chi connectivity index (χ3v) is 5.34. The number of primary amides is 1. The van der Waals surface area contributed by atoms with Gasteiger partial charge >= 0.3 is 0 Å². The monoisotopic (exact) mass is 441 g/mol. The zero-order chi connectivity index (χ0) is 22.7. The van der Waals surface area contributed by atoms with Crippen molar-refractivity contribution in [1.29, 1.82) is 0 Å². The lowest BCUT2D eigenvalue weighted by molar-refractivity contribution is 0.100. The molecule has 1 amide bonds. The van der Waals surface area contributed by atoms with Crippen molar-refractivity contribution in [3.63, 3.8) is 0 Å². The highest BCUT2D eigenvalue weighted by Crippen LogP contribution is 2.29. The summed E-state index contributed by atoms with van der Waals surface area (Å²) in [6, 6.07) is 2.53. The van der Waals surface area contributed by atoms with Crippen LogP contribution < -0.4 is 26.8 Å². The van der Waals surface area contributed by atoms with Crippen molar-refractivity contribution in [2.24, 2.45) is 11.5 Å². The number of rotatable bonds is 7. The topological polar surface area (TPSA) is 159 Å². The lowest BCUT2D eigenvalue weighted by Crippen LogP contribution is -2.43. The van der Waals surface area contributed by atoms with Gasteiger partial charge < -0.3 is 26.8 Å². The van der Waals surface area contributed by atoms with E-state index in [9.17, 15) is 9.18 Å². The number of carbonyl (C=O) groups is 1. The smallest absolute Gasteiger partial charge is 0.252 e. The molecule has 0 bridgehead atoms. The molecule has 4 rings (SSSR count). The van der Waals surface area contributed by atoms with Crippen LogP contribution in [0.5, 0.6) is 5.88 Å². The quantitative estimate of drug-likeness (QED) is 0.428. The van der Waals surface area contributed by atoms with Gasteiger partial charge in [-0.1, -0.05) is 18.1 Å². The van der Waals surface area contributed by atoms with Crippen molar-refractivity contribution in [3.8, 4) is 11.6 Å². The molecule has 0 unspecified atom stereocenters. The molecule has 2 atom stereocenters. The lowest BCUT2D eigenvalue weighted by Gasteiger charge is -2.30. The van der Waals surface area contributed by atoms with Crippen molar-refractivity contribution in [2.45, 2.75) is 37.8 Å². The summed E-state index contributed by atoms with van der Waals surface area (Å²) in [5.74, 6) is -1.10. The third-order valence-electron chi connectivity index (χ3n) is 5.34. The molecule has 12 heteroatoms. The minimum Gasteiger partial charge on any atom is -0.479 e. The van der Waals surface area contributed by atoms with E-state index < -0.39 is 11.7 Å². The molecule has 1 aliphatic carbocycles. The van der Waals surface area contributed by atoms with Gasteiger partial charge in [0.1, 0.15) is 11.5 Å². The average molecular weight is 441 g/mol. The number of nitrogens with zero attached hydrogens (tertiary/aromatic N) is 5. The van der Waals surface area contributed by atoms with Gasteiger partial charge in [0.05, 0.1) is 37.0 Å². The Kier molecular flexibility index (Phi) is 6.12. The summed E-state index contributed by atoms with van der Waals surface area (Å²) in [6.45, 7) is 0. The number of nitrogens with two attached hydrogens (primary N) is 2. The summed E-state index contributed by atoms with van der Waals surface area (Å²) >= 11 is 0. The molecule has 0 spiro atoms. The fraction of sp³-hybridized carbons (Fsp3) is 0.350. The summed E-state index contributed by atoms with van der Waals surface area (Å²) in [5.41, 5.74) is 12.5. The van der Waals surface area contributed by atoms with E-state index in [-0.39, 0.29) is 29.3 Å². The number of ether oxygens (including phenoxy) is 1. The van der Waals surface area contributed by atoms with Gasteiger partial charge in [-0.05, 0) is 25.0 Å². The van der Waals surface area contributed by atoms with Crippen molar-refractivity contribution < 1.29 is 13.9 Å². The van der Waals surface area contributed by atoms with E-state index in [1.165, 1.54) is 24.2 Å². The molecule has 0 radical (unpaired) electrons. The maximum Gasteiger partial charge on any atom is 0.252 e. The predicted molar refractivity (Wildman–Crippen MR) is 116 cm³/mol. The molecule has 1 saturated carbocycles. The number of hydrogen-bond acceptors (Lipinski definition) is 9. The molecule has 1 fully saturated rings. The van der Waals surface area contributed by atoms with Crippen LogP contribution in [0.25, 0.3) is 5.69 Å². The highest BCUT2D eigenvalue weighted by atomic mass is 19.1. The molecule has 3 aromatic heterocycles. The van der Waals surface area contributed by atoms with Crippen molar-refractivity contribution in [3.05, 3.63) is 42.1 Å². The minimum atomic E-state index is -0.821. The van der Waals surface area contributed by atoms with Gasteiger partial charge in [-0.2, -0.15) is 0 Å². The Morgan fingerprint density at radius 3 is 2.78 bits per heavy atom. The normalized spacial score (nSPS) is 18.2. The maximum absolute atomic E-state index is 14.7. The molecule has 0 aliphatic heterocycles. The van der Waals surface area contributed by atoms with Gasteiger partial charge in [0, 0.05) is 12.1 Å². The van der Waals surface area contributed by atoms with Crippen LogP contribution in [0.4, 0.5) is 21.7 Å². The summed E-state index contributed by atoms with van der Waals surface area (Å²) in [4.78, 5) is 20.5. The SMILES string of the molecule is COc1ncc(Nc2nc(N[C@@H]3CCCC[C@@H]3N)c(F)cc2C(N)=O)cc1-n1ccnn1. The molecule has 32 heavy (non-hydrogen) atoms. The number of nitrogens with one attached hydrogen (secondary N) is 2. The molecular formula is C20H24FN9O2. The molecule has 3 aromatic rings. The predicted octanol–water partition coefficient (Wildman–Crippen LogP) is 1.73. The summed E-state index contributed by atoms with van der Waals surface area (Å²) in [6.07, 6.45) is 8.34. The zero-order valence-corrected chi connectivity index (χ0v) is 17.5. The minimum absolute atomic E-state index is 0.00202. The molecular weight excluding hydrogens is 417 g/mol. The van der Waals surface area contributed by atoms with E-state index in [0.29, 0.717) is 17.3 Å². The van der Waals surface area contributed by atoms with Crippen LogP contribution in [0, 0.1) is 5.82 Å². The fourth-order valence-electron chi connectivity index (χ4n) is 3.69. The Morgan fingerprint density at radius 1 is 1.28 bits per heavy atom. The second kappa shape index (κ2) is 9.14. The van der Waals surface area contributed by atoms with E-state index in [4.69, 9.17) is 16.2 Å². The average Bonchev–Trinajstić information content (AvgIpc) is 3.32. The molecule has 0 aromatic carbocycles. The van der Waals surface area contributed by atoms with E-state index in [1.54, 1.807) is 12.3 Å². The summed E-state index contributed by atoms with van der Waals surface area (Å²) in [7, 11) is 1.48. The zero-order valence-electron chi connectivity index (χ0n) is 17.5. The van der Waals surface area contributed by atoms with Gasteiger partial charge in [-0.25, -0.2) is 19.0 Å². The first-order chi connectivity index (χ1) is 15.5. The van der Waals surface area contributed by atoms with Gasteiger partial charge in [-0.15, -0.1) is 5.10 Å². The highest BCUT2D eigenvalue weighted by Gasteiger charge is 2.24. The van der Waals surface area contributed by atoms with Gasteiger partial charge in [0.15, 0.2) is 11.6 Å². The molecule has 1 aliphatic rings. The van der Waals surface area contributed by atoms with Gasteiger partial charge in [0.2, 0.25) is 5.88 Å². The number of anilines is 3. The number of halogens is 1. The largest absolute Gasteiger partial charge is 0.479 e. The third kappa shape index (κ3) is 4.44. The van der Waals surface area contributed by atoms with Gasteiger partial charge in [-0.3, -0.25) is 4.79 Å². The van der Waals surface area contributed by atoms with Crippen molar-refractivity contribution >= 4 is 23.2 Å². The first kappa shape index (κ1) is 21.4. The van der Waals surface area contributed by atoms with E-state index in [1.807, 2.05) is 0 Å². The van der Waals surface area contributed by atoms with Gasteiger partial charge in [0.25, 0.3) is 5.91 Å². The van der Waals surface area contributed by atoms with E-state index in [0.717, 1.165) is 31.7 Å². The Bertz CT molecular complexity index is 1110. The van der Waals surface area contributed by atoms with Crippen LogP contribution in [-0.2, 0) is 0 Å². The first-order valence-electron chi connectivity index (χ1n) is 10.2. The molecule has 6 N–H and O–H groups in total. The Morgan fingerprint density at radius 2 is 2.09 bits per heavy atom. The van der Waals surface area contributed by atoms with Crippen LogP contribution in [-0.4, -0.2) is 50.1 Å².